The molecule has 2 aromatic rings. The first-order valence-corrected chi connectivity index (χ1v) is 10.1. The summed E-state index contributed by atoms with van der Waals surface area (Å²) in [4.78, 5) is 20.8. The molecule has 1 saturated heterocycles. The number of hydrogen-bond donors (Lipinski definition) is 1. The average molecular weight is 351 g/mol. The van der Waals surface area contributed by atoms with Gasteiger partial charge in [-0.15, -0.1) is 0 Å². The number of amides is 1. The third-order valence-corrected chi connectivity index (χ3v) is 6.32. The number of benzene rings is 1. The number of rotatable bonds is 4. The lowest BCUT2D eigenvalue weighted by molar-refractivity contribution is -0.119. The fourth-order valence-corrected chi connectivity index (χ4v) is 4.96. The van der Waals surface area contributed by atoms with E-state index in [0.717, 1.165) is 16.6 Å². The van der Waals surface area contributed by atoms with Gasteiger partial charge in [0.1, 0.15) is 0 Å². The van der Waals surface area contributed by atoms with Crippen LogP contribution in [-0.4, -0.2) is 47.6 Å². The van der Waals surface area contributed by atoms with Crippen molar-refractivity contribution in [3.05, 3.63) is 30.0 Å². The molecular weight excluding hydrogens is 334 g/mol. The smallest absolute Gasteiger partial charge is 0.230 e. The highest BCUT2D eigenvalue weighted by atomic mass is 32.2. The summed E-state index contributed by atoms with van der Waals surface area (Å²) in [6.45, 7) is 1.91. The molecule has 1 aliphatic rings. The number of carbonyl (C=O) groups excluding carboxylic acids is 1. The molecule has 0 unspecified atom stereocenters. The maximum atomic E-state index is 11.9. The van der Waals surface area contributed by atoms with Crippen LogP contribution in [0.15, 0.2) is 29.4 Å². The predicted molar refractivity (Wildman–Crippen MR) is 90.2 cm³/mol. The van der Waals surface area contributed by atoms with Crippen LogP contribution in [0.2, 0.25) is 0 Å². The zero-order valence-electron chi connectivity index (χ0n) is 12.7. The molecule has 1 fully saturated rings. The molecule has 8 heteroatoms. The quantitative estimate of drug-likeness (QED) is 0.660. The number of aromatic nitrogens is 2. The zero-order valence-corrected chi connectivity index (χ0v) is 14.3. The van der Waals surface area contributed by atoms with Crippen molar-refractivity contribution >= 4 is 38.4 Å². The number of nitrogens with one attached hydrogen (secondary N) is 1. The highest BCUT2D eigenvalue weighted by molar-refractivity contribution is 7.99. The number of carbonyl (C=O) groups is 1. The molecule has 6 nitrogen and oxygen atoms in total. The number of nitrogens with zero attached hydrogens (tertiary/aromatic N) is 2. The van der Waals surface area contributed by atoms with E-state index >= 15 is 0 Å². The minimum absolute atomic E-state index is 0.0367. The van der Waals surface area contributed by atoms with Crippen molar-refractivity contribution in [1.29, 1.82) is 0 Å². The van der Waals surface area contributed by atoms with E-state index in [1.165, 1.54) is 11.8 Å². The van der Waals surface area contributed by atoms with Crippen LogP contribution in [0, 0.1) is 6.92 Å². The summed E-state index contributed by atoms with van der Waals surface area (Å²) in [7, 11) is -2.98. The van der Waals surface area contributed by atoms with Crippen LogP contribution >= 0.6 is 11.8 Å². The van der Waals surface area contributed by atoms with Crippen LogP contribution in [0.5, 0.6) is 0 Å². The molecule has 23 heavy (non-hydrogen) atoms. The number of hydrogen-bond acceptors (Lipinski definition) is 6. The van der Waals surface area contributed by atoms with Gasteiger partial charge in [-0.1, -0.05) is 30.0 Å². The summed E-state index contributed by atoms with van der Waals surface area (Å²) in [6, 6.07) is 7.46. The van der Waals surface area contributed by atoms with Crippen LogP contribution in [0.1, 0.15) is 12.1 Å². The minimum Gasteiger partial charge on any atom is -0.352 e. The first-order valence-electron chi connectivity index (χ1n) is 7.29. The lowest BCUT2D eigenvalue weighted by atomic mass is 10.2. The van der Waals surface area contributed by atoms with Gasteiger partial charge >= 0.3 is 0 Å². The van der Waals surface area contributed by atoms with Gasteiger partial charge in [0.25, 0.3) is 0 Å². The average Bonchev–Trinajstić information content (AvgIpc) is 2.84. The highest BCUT2D eigenvalue weighted by Crippen LogP contribution is 2.20. The van der Waals surface area contributed by atoms with Crippen molar-refractivity contribution in [3.63, 3.8) is 0 Å². The summed E-state index contributed by atoms with van der Waals surface area (Å²) in [5, 5.41) is 4.31. The van der Waals surface area contributed by atoms with Crippen molar-refractivity contribution in [2.45, 2.75) is 24.5 Å². The lowest BCUT2D eigenvalue weighted by Crippen LogP contribution is -2.36. The molecule has 0 saturated carbocycles. The van der Waals surface area contributed by atoms with Crippen molar-refractivity contribution in [1.82, 2.24) is 15.3 Å². The molecule has 1 amide bonds. The topological polar surface area (TPSA) is 89.0 Å². The molecule has 1 atom stereocenters. The van der Waals surface area contributed by atoms with Crippen molar-refractivity contribution in [2.75, 3.05) is 17.3 Å². The zero-order chi connectivity index (χ0) is 16.4. The standard InChI is InChI=1S/C15H17N3O3S2/c1-10-12-4-2-3-5-13(12)18-15(16-10)22-8-14(19)17-11-6-7-23(20,21)9-11/h2-5,11H,6-9H2,1H3,(H,17,19)/t11-/m1/s1. The van der Waals surface area contributed by atoms with Crippen molar-refractivity contribution in [2.24, 2.45) is 0 Å². The second kappa shape index (κ2) is 6.45. The van der Waals surface area contributed by atoms with E-state index in [1.807, 2.05) is 31.2 Å². The number of aryl methyl sites for hydroxylation is 1. The monoisotopic (exact) mass is 351 g/mol. The van der Waals surface area contributed by atoms with Crippen LogP contribution in [-0.2, 0) is 14.6 Å². The Kier molecular flexibility index (Phi) is 4.54. The summed E-state index contributed by atoms with van der Waals surface area (Å²) in [5.74, 6) is 0.174. The Labute approximate surface area is 139 Å². The first-order chi connectivity index (χ1) is 10.9. The van der Waals surface area contributed by atoms with E-state index < -0.39 is 9.84 Å². The van der Waals surface area contributed by atoms with Gasteiger partial charge in [0.05, 0.1) is 22.8 Å². The van der Waals surface area contributed by atoms with Gasteiger partial charge in [0.15, 0.2) is 15.0 Å². The SMILES string of the molecule is Cc1nc(SCC(=O)N[C@@H]2CCS(=O)(=O)C2)nc2ccccc12. The minimum atomic E-state index is -2.98. The van der Waals surface area contributed by atoms with Gasteiger partial charge in [-0.2, -0.15) is 0 Å². The van der Waals surface area contributed by atoms with Gasteiger partial charge in [-0.3, -0.25) is 4.79 Å². The van der Waals surface area contributed by atoms with Crippen LogP contribution in [0.3, 0.4) is 0 Å². The predicted octanol–water partition coefficient (Wildman–Crippen LogP) is 1.33. The van der Waals surface area contributed by atoms with E-state index in [2.05, 4.69) is 15.3 Å². The van der Waals surface area contributed by atoms with Crippen molar-refractivity contribution in [3.8, 4) is 0 Å². The van der Waals surface area contributed by atoms with Gasteiger partial charge in [0.2, 0.25) is 5.91 Å². The molecule has 1 aliphatic heterocycles. The summed E-state index contributed by atoms with van der Waals surface area (Å²) >= 11 is 1.26. The van der Waals surface area contributed by atoms with Crippen LogP contribution in [0.25, 0.3) is 10.9 Å². The number of fused-ring (bicyclic) bond motifs is 1. The largest absolute Gasteiger partial charge is 0.352 e. The molecule has 1 aromatic carbocycles. The molecule has 0 aliphatic carbocycles. The van der Waals surface area contributed by atoms with Gasteiger partial charge in [-0.05, 0) is 19.4 Å². The Bertz CT molecular complexity index is 852. The second-order valence-electron chi connectivity index (χ2n) is 5.56. The Morgan fingerprint density at radius 3 is 2.87 bits per heavy atom. The summed E-state index contributed by atoms with van der Waals surface area (Å²) in [6.07, 6.45) is 0.490. The third-order valence-electron chi connectivity index (χ3n) is 3.70. The fraction of sp³-hybridized carbons (Fsp3) is 0.400. The third kappa shape index (κ3) is 4.00. The first kappa shape index (κ1) is 16.2. The van der Waals surface area contributed by atoms with Gasteiger partial charge in [-0.25, -0.2) is 18.4 Å². The van der Waals surface area contributed by atoms with E-state index in [-0.39, 0.29) is 29.2 Å². The Morgan fingerprint density at radius 2 is 2.13 bits per heavy atom. The van der Waals surface area contributed by atoms with E-state index in [9.17, 15) is 13.2 Å². The normalized spacial score (nSPS) is 19.8. The Morgan fingerprint density at radius 1 is 1.35 bits per heavy atom. The van der Waals surface area contributed by atoms with Gasteiger partial charge < -0.3 is 5.32 Å². The van der Waals surface area contributed by atoms with E-state index in [0.29, 0.717) is 11.6 Å². The molecule has 0 bridgehead atoms. The van der Waals surface area contributed by atoms with E-state index in [4.69, 9.17) is 0 Å². The van der Waals surface area contributed by atoms with Crippen LogP contribution < -0.4 is 5.32 Å². The lowest BCUT2D eigenvalue weighted by Gasteiger charge is -2.10. The summed E-state index contributed by atoms with van der Waals surface area (Å²) < 4.78 is 22.8. The fourth-order valence-electron chi connectivity index (χ4n) is 2.58. The Hall–Kier alpha value is -1.67. The van der Waals surface area contributed by atoms with Gasteiger partial charge in [0, 0.05) is 17.1 Å². The number of sulfone groups is 1. The molecular formula is C15H17N3O3S2. The molecule has 1 N–H and O–H groups in total. The van der Waals surface area contributed by atoms with Crippen molar-refractivity contribution < 1.29 is 13.2 Å². The molecule has 3 rings (SSSR count). The molecule has 1 aromatic heterocycles. The maximum absolute atomic E-state index is 11.9. The summed E-state index contributed by atoms with van der Waals surface area (Å²) in [5.41, 5.74) is 1.73. The molecule has 122 valence electrons. The molecule has 0 radical (unpaired) electrons. The van der Waals surface area contributed by atoms with Crippen LogP contribution in [0.4, 0.5) is 0 Å². The number of para-hydroxylation sites is 1. The maximum Gasteiger partial charge on any atom is 0.230 e. The highest BCUT2D eigenvalue weighted by Gasteiger charge is 2.28. The molecule has 0 spiro atoms. The number of thioether (sulfide) groups is 1. The second-order valence-corrected chi connectivity index (χ2v) is 8.74. The molecule has 2 heterocycles. The Balaban J connectivity index is 1.61. The van der Waals surface area contributed by atoms with E-state index in [1.54, 1.807) is 0 Å².